The quantitative estimate of drug-likeness (QED) is 0.812. The molecule has 2 aliphatic heterocycles. The van der Waals surface area contributed by atoms with Crippen molar-refractivity contribution in [3.05, 3.63) is 66.0 Å². The molecule has 5 heteroatoms. The molecule has 0 bridgehead atoms. The van der Waals surface area contributed by atoms with Gasteiger partial charge in [-0.15, -0.1) is 0 Å². The summed E-state index contributed by atoms with van der Waals surface area (Å²) in [4.78, 5) is 19.5. The first-order valence-corrected chi connectivity index (χ1v) is 10.3. The van der Waals surface area contributed by atoms with Crippen molar-refractivity contribution in [2.75, 3.05) is 44.2 Å². The van der Waals surface area contributed by atoms with Gasteiger partial charge < -0.3 is 9.80 Å². The number of hydrogen-bond donors (Lipinski definition) is 0. The van der Waals surface area contributed by atoms with Crippen LogP contribution in [0.25, 0.3) is 0 Å². The molecule has 0 spiro atoms. The van der Waals surface area contributed by atoms with Gasteiger partial charge in [-0.1, -0.05) is 42.5 Å². The molecule has 2 fully saturated rings. The molecule has 0 aliphatic carbocycles. The van der Waals surface area contributed by atoms with Gasteiger partial charge in [0.15, 0.2) is 0 Å². The fourth-order valence-corrected chi connectivity index (χ4v) is 4.38. The van der Waals surface area contributed by atoms with Crippen molar-refractivity contribution < 1.29 is 9.18 Å². The first-order valence-electron chi connectivity index (χ1n) is 10.3. The van der Waals surface area contributed by atoms with Crippen molar-refractivity contribution in [2.45, 2.75) is 19.4 Å². The van der Waals surface area contributed by atoms with E-state index in [-0.39, 0.29) is 17.6 Å². The standard InChI is InChI=1S/C23H28FN3O/c24-21-10-4-5-11-22(21)26-13-15-27(16-14-26)23(28)20-9-6-12-25(18-20)17-19-7-2-1-3-8-19/h1-5,7-8,10-11,20H,6,9,12-18H2/t20-/m0/s1. The molecule has 0 aromatic heterocycles. The number of piperazine rings is 1. The molecule has 2 heterocycles. The van der Waals surface area contributed by atoms with Crippen LogP contribution in [0.15, 0.2) is 54.6 Å². The summed E-state index contributed by atoms with van der Waals surface area (Å²) in [5.41, 5.74) is 1.94. The average Bonchev–Trinajstić information content (AvgIpc) is 2.75. The van der Waals surface area contributed by atoms with E-state index in [4.69, 9.17) is 0 Å². The van der Waals surface area contributed by atoms with Crippen molar-refractivity contribution in [1.82, 2.24) is 9.80 Å². The minimum atomic E-state index is -0.189. The van der Waals surface area contributed by atoms with E-state index in [0.29, 0.717) is 31.9 Å². The molecule has 28 heavy (non-hydrogen) atoms. The predicted octanol–water partition coefficient (Wildman–Crippen LogP) is 3.39. The fraction of sp³-hybridized carbons (Fsp3) is 0.435. The van der Waals surface area contributed by atoms with Crippen LogP contribution in [0.4, 0.5) is 10.1 Å². The second-order valence-corrected chi connectivity index (χ2v) is 7.82. The topological polar surface area (TPSA) is 26.8 Å². The van der Waals surface area contributed by atoms with Gasteiger partial charge in [-0.2, -0.15) is 0 Å². The Balaban J connectivity index is 1.31. The van der Waals surface area contributed by atoms with Crippen LogP contribution < -0.4 is 4.90 Å². The largest absolute Gasteiger partial charge is 0.366 e. The van der Waals surface area contributed by atoms with Crippen molar-refractivity contribution >= 4 is 11.6 Å². The summed E-state index contributed by atoms with van der Waals surface area (Å²) in [6.45, 7) is 5.51. The summed E-state index contributed by atoms with van der Waals surface area (Å²) >= 11 is 0. The van der Waals surface area contributed by atoms with Gasteiger partial charge in [-0.3, -0.25) is 9.69 Å². The zero-order valence-electron chi connectivity index (χ0n) is 16.3. The lowest BCUT2D eigenvalue weighted by Crippen LogP contribution is -2.52. The summed E-state index contributed by atoms with van der Waals surface area (Å²) in [7, 11) is 0. The Hall–Kier alpha value is -2.40. The summed E-state index contributed by atoms with van der Waals surface area (Å²) in [6.07, 6.45) is 2.04. The van der Waals surface area contributed by atoms with Gasteiger partial charge in [0.2, 0.25) is 5.91 Å². The van der Waals surface area contributed by atoms with Crippen molar-refractivity contribution in [1.29, 1.82) is 0 Å². The Morgan fingerprint density at radius 3 is 2.39 bits per heavy atom. The van der Waals surface area contributed by atoms with Gasteiger partial charge in [0.05, 0.1) is 11.6 Å². The fourth-order valence-electron chi connectivity index (χ4n) is 4.38. The van der Waals surface area contributed by atoms with Gasteiger partial charge in [0.25, 0.3) is 0 Å². The summed E-state index contributed by atoms with van der Waals surface area (Å²) in [6, 6.07) is 17.3. The molecule has 4 nitrogen and oxygen atoms in total. The number of hydrogen-bond acceptors (Lipinski definition) is 3. The second kappa shape index (κ2) is 8.74. The molecule has 4 rings (SSSR count). The first-order chi connectivity index (χ1) is 13.7. The lowest BCUT2D eigenvalue weighted by Gasteiger charge is -2.39. The number of anilines is 1. The zero-order valence-corrected chi connectivity index (χ0v) is 16.3. The molecule has 1 atom stereocenters. The van der Waals surface area contributed by atoms with E-state index in [1.54, 1.807) is 6.07 Å². The lowest BCUT2D eigenvalue weighted by atomic mass is 9.95. The van der Waals surface area contributed by atoms with E-state index >= 15 is 0 Å². The molecule has 2 aliphatic rings. The number of likely N-dealkylation sites (tertiary alicyclic amines) is 1. The van der Waals surface area contributed by atoms with E-state index in [9.17, 15) is 9.18 Å². The van der Waals surface area contributed by atoms with Crippen LogP contribution >= 0.6 is 0 Å². The maximum absolute atomic E-state index is 14.0. The van der Waals surface area contributed by atoms with Gasteiger partial charge in [-0.25, -0.2) is 4.39 Å². The third-order valence-corrected chi connectivity index (χ3v) is 5.89. The number of benzene rings is 2. The summed E-state index contributed by atoms with van der Waals surface area (Å²) < 4.78 is 14.0. The third-order valence-electron chi connectivity index (χ3n) is 5.89. The molecular formula is C23H28FN3O. The molecular weight excluding hydrogens is 353 g/mol. The van der Waals surface area contributed by atoms with E-state index in [1.807, 2.05) is 28.0 Å². The van der Waals surface area contributed by atoms with Gasteiger partial charge in [-0.05, 0) is 37.1 Å². The van der Waals surface area contributed by atoms with Gasteiger partial charge in [0, 0.05) is 39.3 Å². The molecule has 0 radical (unpaired) electrons. The van der Waals surface area contributed by atoms with E-state index in [0.717, 1.165) is 32.5 Å². The van der Waals surface area contributed by atoms with Crippen LogP contribution in [0.5, 0.6) is 0 Å². The Morgan fingerprint density at radius 2 is 1.64 bits per heavy atom. The molecule has 2 saturated heterocycles. The number of amides is 1. The van der Waals surface area contributed by atoms with Crippen LogP contribution in [0, 0.1) is 11.7 Å². The van der Waals surface area contributed by atoms with Gasteiger partial charge in [0.1, 0.15) is 5.82 Å². The average molecular weight is 381 g/mol. The highest BCUT2D eigenvalue weighted by Crippen LogP contribution is 2.24. The second-order valence-electron chi connectivity index (χ2n) is 7.82. The monoisotopic (exact) mass is 381 g/mol. The molecule has 148 valence electrons. The van der Waals surface area contributed by atoms with Crippen molar-refractivity contribution in [2.24, 2.45) is 5.92 Å². The summed E-state index contributed by atoms with van der Waals surface area (Å²) in [5.74, 6) is 0.162. The van der Waals surface area contributed by atoms with Crippen molar-refractivity contribution in [3.8, 4) is 0 Å². The maximum Gasteiger partial charge on any atom is 0.227 e. The van der Waals surface area contributed by atoms with Crippen molar-refractivity contribution in [3.63, 3.8) is 0 Å². The lowest BCUT2D eigenvalue weighted by molar-refractivity contribution is -0.137. The van der Waals surface area contributed by atoms with Crippen LogP contribution in [0.1, 0.15) is 18.4 Å². The molecule has 0 unspecified atom stereocenters. The number of piperidine rings is 1. The normalized spacial score (nSPS) is 21.0. The van der Waals surface area contributed by atoms with E-state index in [2.05, 4.69) is 29.2 Å². The number of carbonyl (C=O) groups excluding carboxylic acids is 1. The van der Waals surface area contributed by atoms with Crippen LogP contribution in [-0.4, -0.2) is 55.0 Å². The van der Waals surface area contributed by atoms with Crippen LogP contribution in [0.2, 0.25) is 0 Å². The Kier molecular flexibility index (Phi) is 5.91. The van der Waals surface area contributed by atoms with E-state index in [1.165, 1.54) is 11.6 Å². The number of carbonyl (C=O) groups is 1. The highest BCUT2D eigenvalue weighted by Gasteiger charge is 2.31. The van der Waals surface area contributed by atoms with Crippen LogP contribution in [0.3, 0.4) is 0 Å². The predicted molar refractivity (Wildman–Crippen MR) is 110 cm³/mol. The molecule has 1 amide bonds. The SMILES string of the molecule is O=C([C@H]1CCCN(Cc2ccccc2)C1)N1CCN(c2ccccc2F)CC1. The van der Waals surface area contributed by atoms with Crippen LogP contribution in [-0.2, 0) is 11.3 Å². The number of rotatable bonds is 4. The highest BCUT2D eigenvalue weighted by atomic mass is 19.1. The minimum absolute atomic E-state index is 0.0810. The number of nitrogens with zero attached hydrogens (tertiary/aromatic N) is 3. The maximum atomic E-state index is 14.0. The molecule has 0 saturated carbocycles. The number of para-hydroxylation sites is 1. The molecule has 0 N–H and O–H groups in total. The molecule has 2 aromatic rings. The number of halogens is 1. The Morgan fingerprint density at radius 1 is 0.929 bits per heavy atom. The van der Waals surface area contributed by atoms with Gasteiger partial charge >= 0.3 is 0 Å². The molecule has 2 aromatic carbocycles. The Labute approximate surface area is 166 Å². The first kappa shape index (κ1) is 18.9. The highest BCUT2D eigenvalue weighted by molar-refractivity contribution is 5.79. The smallest absolute Gasteiger partial charge is 0.227 e. The Bertz CT molecular complexity index is 789. The minimum Gasteiger partial charge on any atom is -0.366 e. The van der Waals surface area contributed by atoms with E-state index < -0.39 is 0 Å². The summed E-state index contributed by atoms with van der Waals surface area (Å²) in [5, 5.41) is 0. The third kappa shape index (κ3) is 4.36. The zero-order chi connectivity index (χ0) is 19.3.